The molecule has 1 aliphatic carbocycles. The van der Waals surface area contributed by atoms with E-state index in [9.17, 15) is 14.4 Å². The zero-order valence-electron chi connectivity index (χ0n) is 16.9. The minimum atomic E-state index is -0.424. The van der Waals surface area contributed by atoms with Crippen LogP contribution in [0, 0.1) is 11.3 Å². The second kappa shape index (κ2) is 7.26. The molecule has 152 valence electrons. The van der Waals surface area contributed by atoms with Gasteiger partial charge in [0.2, 0.25) is 0 Å². The quantitative estimate of drug-likeness (QED) is 0.837. The van der Waals surface area contributed by atoms with Crippen LogP contribution in [0.4, 0.5) is 0 Å². The first-order valence-corrected chi connectivity index (χ1v) is 10.1. The number of amides is 1. The first-order valence-electron chi connectivity index (χ1n) is 10.1. The third-order valence-electron chi connectivity index (χ3n) is 6.21. The maximum absolute atomic E-state index is 13.2. The summed E-state index contributed by atoms with van der Waals surface area (Å²) in [5.74, 6) is -0.0710. The number of aromatic amines is 1. The van der Waals surface area contributed by atoms with Gasteiger partial charge in [0.15, 0.2) is 5.78 Å². The number of fused-ring (bicyclic) bond motifs is 1. The van der Waals surface area contributed by atoms with Crippen LogP contribution in [0.5, 0.6) is 0 Å². The number of carbonyl (C=O) groups excluding carboxylic acids is 2. The van der Waals surface area contributed by atoms with Crippen LogP contribution in [0.25, 0.3) is 0 Å². The first-order chi connectivity index (χ1) is 13.8. The lowest BCUT2D eigenvalue weighted by Crippen LogP contribution is -2.36. The van der Waals surface area contributed by atoms with Gasteiger partial charge in [0.05, 0.1) is 0 Å². The summed E-state index contributed by atoms with van der Waals surface area (Å²) < 4.78 is 0. The zero-order valence-corrected chi connectivity index (χ0v) is 16.9. The van der Waals surface area contributed by atoms with Crippen molar-refractivity contribution in [3.63, 3.8) is 0 Å². The Morgan fingerprint density at radius 1 is 1.17 bits per heavy atom. The lowest BCUT2D eigenvalue weighted by atomic mass is 9.75. The van der Waals surface area contributed by atoms with Crippen molar-refractivity contribution in [2.75, 3.05) is 19.6 Å². The smallest absolute Gasteiger partial charge is 0.261 e. The summed E-state index contributed by atoms with van der Waals surface area (Å²) in [4.78, 5) is 42.9. The number of nitrogens with two attached hydrogens (primary N) is 1. The molecule has 2 aliphatic rings. The van der Waals surface area contributed by atoms with Crippen LogP contribution in [0.2, 0.25) is 0 Å². The maximum atomic E-state index is 13.2. The fourth-order valence-electron chi connectivity index (χ4n) is 4.71. The van der Waals surface area contributed by atoms with Crippen molar-refractivity contribution in [1.29, 1.82) is 0 Å². The molecular formula is C23H27N3O3. The van der Waals surface area contributed by atoms with Crippen molar-refractivity contribution in [3.8, 4) is 0 Å². The molecule has 0 saturated carbocycles. The van der Waals surface area contributed by atoms with E-state index in [0.29, 0.717) is 43.7 Å². The number of rotatable bonds is 3. The summed E-state index contributed by atoms with van der Waals surface area (Å²) in [5.41, 5.74) is 7.66. The van der Waals surface area contributed by atoms with Gasteiger partial charge in [0, 0.05) is 36.7 Å². The standard InChI is InChI=1S/C23H27N3O3/c1-23(2)9-19-16(20(27)10-23)8-17(21(28)25-19)22(29)26-12-15(11-24)18(13-26)14-6-4-3-5-7-14/h3-8,15,18H,9-13,24H2,1-2H3,(H,25,28)/t15-,18+/m1/s1. The van der Waals surface area contributed by atoms with Gasteiger partial charge in [-0.3, -0.25) is 14.4 Å². The molecule has 0 bridgehead atoms. The molecule has 3 N–H and O–H groups in total. The van der Waals surface area contributed by atoms with Gasteiger partial charge < -0.3 is 15.6 Å². The fraction of sp³-hybridized carbons (Fsp3) is 0.435. The van der Waals surface area contributed by atoms with Gasteiger partial charge in [-0.2, -0.15) is 0 Å². The van der Waals surface area contributed by atoms with Crippen LogP contribution in [0.1, 0.15) is 58.2 Å². The highest BCUT2D eigenvalue weighted by Gasteiger charge is 2.37. The highest BCUT2D eigenvalue weighted by atomic mass is 16.2. The van der Waals surface area contributed by atoms with Crippen molar-refractivity contribution in [2.24, 2.45) is 17.1 Å². The van der Waals surface area contributed by atoms with Crippen LogP contribution in [-0.2, 0) is 6.42 Å². The molecule has 1 aliphatic heterocycles. The van der Waals surface area contributed by atoms with Gasteiger partial charge in [-0.25, -0.2) is 0 Å². The van der Waals surface area contributed by atoms with Crippen molar-refractivity contribution < 1.29 is 9.59 Å². The number of hydrogen-bond acceptors (Lipinski definition) is 4. The predicted octanol–water partition coefficient (Wildman–Crippen LogP) is 2.34. The van der Waals surface area contributed by atoms with Gasteiger partial charge in [0.25, 0.3) is 11.5 Å². The van der Waals surface area contributed by atoms with Crippen molar-refractivity contribution in [3.05, 3.63) is 69.1 Å². The number of nitrogens with one attached hydrogen (secondary N) is 1. The molecule has 1 fully saturated rings. The van der Waals surface area contributed by atoms with Crippen LogP contribution >= 0.6 is 0 Å². The number of H-pyrrole nitrogens is 1. The Hall–Kier alpha value is -2.73. The van der Waals surface area contributed by atoms with Gasteiger partial charge in [0.1, 0.15) is 5.56 Å². The molecule has 1 saturated heterocycles. The van der Waals surface area contributed by atoms with Gasteiger partial charge in [-0.05, 0) is 35.9 Å². The summed E-state index contributed by atoms with van der Waals surface area (Å²) in [6.45, 7) is 5.50. The number of carbonyl (C=O) groups is 2. The zero-order chi connectivity index (χ0) is 20.8. The minimum absolute atomic E-state index is 0.0232. The summed E-state index contributed by atoms with van der Waals surface area (Å²) in [6, 6.07) is 11.5. The van der Waals surface area contributed by atoms with Crippen LogP contribution in [0.15, 0.2) is 41.2 Å². The van der Waals surface area contributed by atoms with Crippen molar-refractivity contribution in [1.82, 2.24) is 9.88 Å². The van der Waals surface area contributed by atoms with Crippen LogP contribution in [-0.4, -0.2) is 41.2 Å². The molecule has 0 unspecified atom stereocenters. The molecule has 6 heteroatoms. The number of ketones is 1. The monoisotopic (exact) mass is 393 g/mol. The van der Waals surface area contributed by atoms with Crippen LogP contribution in [0.3, 0.4) is 0 Å². The Morgan fingerprint density at radius 3 is 2.59 bits per heavy atom. The Kier molecular flexibility index (Phi) is 4.90. The molecule has 6 nitrogen and oxygen atoms in total. The molecule has 0 spiro atoms. The Bertz CT molecular complexity index is 1010. The molecule has 2 aromatic rings. The van der Waals surface area contributed by atoms with E-state index in [4.69, 9.17) is 5.73 Å². The van der Waals surface area contributed by atoms with Gasteiger partial charge in [-0.1, -0.05) is 44.2 Å². The van der Waals surface area contributed by atoms with E-state index >= 15 is 0 Å². The third-order valence-corrected chi connectivity index (χ3v) is 6.21. The predicted molar refractivity (Wildman–Crippen MR) is 111 cm³/mol. The number of pyridine rings is 1. The van der Waals surface area contributed by atoms with Crippen molar-refractivity contribution in [2.45, 2.75) is 32.6 Å². The van der Waals surface area contributed by atoms with E-state index < -0.39 is 5.56 Å². The normalized spacial score (nSPS) is 23.1. The SMILES string of the molecule is CC1(C)CC(=O)c2cc(C(=O)N3C[C@@H](CN)[C@H](c4ccccc4)C3)c(=O)[nH]c2C1. The summed E-state index contributed by atoms with van der Waals surface area (Å²) in [7, 11) is 0. The number of likely N-dealkylation sites (tertiary alicyclic amines) is 1. The number of aromatic nitrogens is 1. The molecule has 2 atom stereocenters. The van der Waals surface area contributed by atoms with Gasteiger partial charge in [-0.15, -0.1) is 0 Å². The molecule has 1 aromatic heterocycles. The molecule has 29 heavy (non-hydrogen) atoms. The Balaban J connectivity index is 1.63. The Morgan fingerprint density at radius 2 is 1.90 bits per heavy atom. The number of hydrogen-bond donors (Lipinski definition) is 2. The topological polar surface area (TPSA) is 96.3 Å². The first kappa shape index (κ1) is 19.6. The molecule has 4 rings (SSSR count). The maximum Gasteiger partial charge on any atom is 0.261 e. The van der Waals surface area contributed by atoms with Crippen molar-refractivity contribution >= 4 is 11.7 Å². The number of benzene rings is 1. The third kappa shape index (κ3) is 3.65. The molecular weight excluding hydrogens is 366 g/mol. The second-order valence-corrected chi connectivity index (χ2v) is 9.07. The highest BCUT2D eigenvalue weighted by Crippen LogP contribution is 2.35. The number of Topliss-reactive ketones (excluding diaryl/α,β-unsaturated/α-hetero) is 1. The minimum Gasteiger partial charge on any atom is -0.337 e. The van der Waals surface area contributed by atoms with E-state index in [1.54, 1.807) is 4.90 Å². The molecule has 2 heterocycles. The van der Waals surface area contributed by atoms with E-state index in [1.807, 2.05) is 44.2 Å². The molecule has 1 aromatic carbocycles. The number of nitrogens with zero attached hydrogens (tertiary/aromatic N) is 1. The van der Waals surface area contributed by atoms with E-state index in [2.05, 4.69) is 4.98 Å². The average Bonchev–Trinajstić information content (AvgIpc) is 3.11. The van der Waals surface area contributed by atoms with E-state index in [-0.39, 0.29) is 34.5 Å². The average molecular weight is 393 g/mol. The van der Waals surface area contributed by atoms with Crippen LogP contribution < -0.4 is 11.3 Å². The second-order valence-electron chi connectivity index (χ2n) is 9.07. The summed E-state index contributed by atoms with van der Waals surface area (Å²) in [5, 5.41) is 0. The molecule has 0 radical (unpaired) electrons. The van der Waals surface area contributed by atoms with Gasteiger partial charge >= 0.3 is 0 Å². The lowest BCUT2D eigenvalue weighted by Gasteiger charge is -2.30. The largest absolute Gasteiger partial charge is 0.337 e. The lowest BCUT2D eigenvalue weighted by molar-refractivity contribution is 0.0784. The fourth-order valence-corrected chi connectivity index (χ4v) is 4.71. The Labute approximate surface area is 170 Å². The van der Waals surface area contributed by atoms with E-state index in [0.717, 1.165) is 5.56 Å². The van der Waals surface area contributed by atoms with E-state index in [1.165, 1.54) is 6.07 Å². The molecule has 1 amide bonds. The summed E-state index contributed by atoms with van der Waals surface area (Å²) in [6.07, 6.45) is 1.03. The highest BCUT2D eigenvalue weighted by molar-refractivity contribution is 6.02. The summed E-state index contributed by atoms with van der Waals surface area (Å²) >= 11 is 0.